The lowest BCUT2D eigenvalue weighted by molar-refractivity contribution is 0.0992. The van der Waals surface area contributed by atoms with Crippen LogP contribution in [-0.4, -0.2) is 15.6 Å². The minimum atomic E-state index is -0.0526. The van der Waals surface area contributed by atoms with Crippen LogP contribution < -0.4 is 5.73 Å². The standard InChI is InChI=1S/C14H16ClN3O/c1-9(2)18-6-5-11(17-18)8-14(19)12-4-3-10(15)7-13(12)16/h3-7,9H,8,16H2,1-2H3. The van der Waals surface area contributed by atoms with E-state index in [2.05, 4.69) is 5.10 Å². The summed E-state index contributed by atoms with van der Waals surface area (Å²) in [6.07, 6.45) is 2.12. The maximum absolute atomic E-state index is 12.2. The van der Waals surface area contributed by atoms with Crippen LogP contribution in [0.25, 0.3) is 0 Å². The van der Waals surface area contributed by atoms with Crippen LogP contribution in [0.15, 0.2) is 30.5 Å². The van der Waals surface area contributed by atoms with E-state index >= 15 is 0 Å². The van der Waals surface area contributed by atoms with Gasteiger partial charge < -0.3 is 5.73 Å². The summed E-state index contributed by atoms with van der Waals surface area (Å²) in [6.45, 7) is 4.07. The second-order valence-electron chi connectivity index (χ2n) is 4.71. The van der Waals surface area contributed by atoms with E-state index in [9.17, 15) is 4.79 Å². The molecule has 0 fully saturated rings. The highest BCUT2D eigenvalue weighted by Crippen LogP contribution is 2.19. The summed E-state index contributed by atoms with van der Waals surface area (Å²) in [4.78, 5) is 12.2. The second kappa shape index (κ2) is 5.45. The minimum Gasteiger partial charge on any atom is -0.398 e. The monoisotopic (exact) mass is 277 g/mol. The lowest BCUT2D eigenvalue weighted by Gasteiger charge is -2.05. The second-order valence-corrected chi connectivity index (χ2v) is 5.15. The number of carbonyl (C=O) groups excluding carboxylic acids is 1. The van der Waals surface area contributed by atoms with Gasteiger partial charge in [-0.2, -0.15) is 5.10 Å². The summed E-state index contributed by atoms with van der Waals surface area (Å²) in [5.74, 6) is -0.0526. The Labute approximate surface area is 117 Å². The number of hydrogen-bond acceptors (Lipinski definition) is 3. The zero-order chi connectivity index (χ0) is 14.0. The molecular weight excluding hydrogens is 262 g/mol. The van der Waals surface area contributed by atoms with Crippen molar-refractivity contribution in [1.29, 1.82) is 0 Å². The van der Waals surface area contributed by atoms with Gasteiger partial charge in [0.15, 0.2) is 5.78 Å². The number of Topliss-reactive ketones (excluding diaryl/α,β-unsaturated/α-hetero) is 1. The number of aromatic nitrogens is 2. The van der Waals surface area contributed by atoms with E-state index in [0.717, 1.165) is 5.69 Å². The number of benzene rings is 1. The Balaban J connectivity index is 2.16. The Kier molecular flexibility index (Phi) is 3.90. The van der Waals surface area contributed by atoms with Crippen molar-refractivity contribution in [2.45, 2.75) is 26.3 Å². The van der Waals surface area contributed by atoms with Crippen LogP contribution in [0.1, 0.15) is 35.9 Å². The summed E-state index contributed by atoms with van der Waals surface area (Å²) in [7, 11) is 0. The molecule has 0 aliphatic heterocycles. The van der Waals surface area contributed by atoms with Gasteiger partial charge in [-0.25, -0.2) is 0 Å². The number of anilines is 1. The van der Waals surface area contributed by atoms with Crippen LogP contribution in [-0.2, 0) is 6.42 Å². The average molecular weight is 278 g/mol. The quantitative estimate of drug-likeness (QED) is 0.690. The number of hydrogen-bond donors (Lipinski definition) is 1. The first-order valence-electron chi connectivity index (χ1n) is 6.09. The van der Waals surface area contributed by atoms with Crippen molar-refractivity contribution in [3.8, 4) is 0 Å². The first kappa shape index (κ1) is 13.6. The molecular formula is C14H16ClN3O. The average Bonchev–Trinajstić information content (AvgIpc) is 2.77. The summed E-state index contributed by atoms with van der Waals surface area (Å²) >= 11 is 5.81. The smallest absolute Gasteiger partial charge is 0.170 e. The molecule has 0 spiro atoms. The molecule has 0 unspecified atom stereocenters. The van der Waals surface area contributed by atoms with E-state index in [1.54, 1.807) is 18.2 Å². The van der Waals surface area contributed by atoms with Gasteiger partial charge in [-0.3, -0.25) is 9.48 Å². The van der Waals surface area contributed by atoms with Crippen molar-refractivity contribution in [3.63, 3.8) is 0 Å². The summed E-state index contributed by atoms with van der Waals surface area (Å²) in [5.41, 5.74) is 7.43. The molecule has 0 saturated heterocycles. The Morgan fingerprint density at radius 3 is 2.74 bits per heavy atom. The van der Waals surface area contributed by atoms with E-state index in [1.807, 2.05) is 30.8 Å². The van der Waals surface area contributed by atoms with Gasteiger partial charge in [0.1, 0.15) is 0 Å². The zero-order valence-electron chi connectivity index (χ0n) is 10.9. The molecule has 2 N–H and O–H groups in total. The lowest BCUT2D eigenvalue weighted by atomic mass is 10.1. The lowest BCUT2D eigenvalue weighted by Crippen LogP contribution is -2.08. The molecule has 0 bridgehead atoms. The summed E-state index contributed by atoms with van der Waals surface area (Å²) in [5, 5.41) is 4.88. The molecule has 2 rings (SSSR count). The molecule has 0 atom stereocenters. The highest BCUT2D eigenvalue weighted by molar-refractivity contribution is 6.31. The number of carbonyl (C=O) groups is 1. The predicted octanol–water partition coefficient (Wildman–Crippen LogP) is 3.13. The van der Waals surface area contributed by atoms with Crippen molar-refractivity contribution in [2.24, 2.45) is 0 Å². The van der Waals surface area contributed by atoms with Gasteiger partial charge in [-0.1, -0.05) is 11.6 Å². The molecule has 2 aromatic rings. The maximum atomic E-state index is 12.2. The first-order valence-corrected chi connectivity index (χ1v) is 6.47. The third-order valence-corrected chi connectivity index (χ3v) is 3.08. The van der Waals surface area contributed by atoms with Gasteiger partial charge in [0.25, 0.3) is 0 Å². The van der Waals surface area contributed by atoms with Gasteiger partial charge >= 0.3 is 0 Å². The van der Waals surface area contributed by atoms with E-state index < -0.39 is 0 Å². The minimum absolute atomic E-state index is 0.0526. The SMILES string of the molecule is CC(C)n1ccc(CC(=O)c2ccc(Cl)cc2N)n1. The highest BCUT2D eigenvalue weighted by atomic mass is 35.5. The number of halogens is 1. The summed E-state index contributed by atoms with van der Waals surface area (Å²) in [6, 6.07) is 7.03. The Hall–Kier alpha value is -1.81. The molecule has 1 aromatic carbocycles. The highest BCUT2D eigenvalue weighted by Gasteiger charge is 2.13. The number of rotatable bonds is 4. The maximum Gasteiger partial charge on any atom is 0.170 e. The third-order valence-electron chi connectivity index (χ3n) is 2.85. The Morgan fingerprint density at radius 2 is 2.16 bits per heavy atom. The van der Waals surface area contributed by atoms with Crippen molar-refractivity contribution in [1.82, 2.24) is 9.78 Å². The van der Waals surface area contributed by atoms with Crippen LogP contribution in [0.5, 0.6) is 0 Å². The zero-order valence-corrected chi connectivity index (χ0v) is 11.7. The van der Waals surface area contributed by atoms with Crippen LogP contribution in [0.4, 0.5) is 5.69 Å². The van der Waals surface area contributed by atoms with Crippen molar-refractivity contribution >= 4 is 23.1 Å². The van der Waals surface area contributed by atoms with Gasteiger partial charge in [0, 0.05) is 28.5 Å². The fourth-order valence-electron chi connectivity index (χ4n) is 1.81. The third kappa shape index (κ3) is 3.15. The van der Waals surface area contributed by atoms with E-state index in [4.69, 9.17) is 17.3 Å². The van der Waals surface area contributed by atoms with Gasteiger partial charge in [0.05, 0.1) is 12.1 Å². The largest absolute Gasteiger partial charge is 0.398 e. The van der Waals surface area contributed by atoms with Gasteiger partial charge in [-0.15, -0.1) is 0 Å². The number of ketones is 1. The van der Waals surface area contributed by atoms with Gasteiger partial charge in [0.2, 0.25) is 0 Å². The van der Waals surface area contributed by atoms with Crippen molar-refractivity contribution in [2.75, 3.05) is 5.73 Å². The van der Waals surface area contributed by atoms with Crippen molar-refractivity contribution in [3.05, 3.63) is 46.7 Å². The molecule has 1 heterocycles. The van der Waals surface area contributed by atoms with E-state index in [0.29, 0.717) is 16.3 Å². The molecule has 0 saturated carbocycles. The molecule has 5 heteroatoms. The normalized spacial score (nSPS) is 10.9. The van der Waals surface area contributed by atoms with Crippen LogP contribution in [0.3, 0.4) is 0 Å². The van der Waals surface area contributed by atoms with Crippen LogP contribution in [0, 0.1) is 0 Å². The predicted molar refractivity (Wildman–Crippen MR) is 76.5 cm³/mol. The molecule has 4 nitrogen and oxygen atoms in total. The molecule has 100 valence electrons. The fraction of sp³-hybridized carbons (Fsp3) is 0.286. The molecule has 19 heavy (non-hydrogen) atoms. The van der Waals surface area contributed by atoms with E-state index in [1.165, 1.54) is 0 Å². The molecule has 0 radical (unpaired) electrons. The summed E-state index contributed by atoms with van der Waals surface area (Å²) < 4.78 is 1.83. The molecule has 0 aliphatic rings. The number of nitrogen functional groups attached to an aromatic ring is 1. The first-order chi connectivity index (χ1) is 8.97. The molecule has 1 aromatic heterocycles. The number of nitrogens with zero attached hydrogens (tertiary/aromatic N) is 2. The fourth-order valence-corrected chi connectivity index (χ4v) is 1.99. The Bertz CT molecular complexity index is 604. The Morgan fingerprint density at radius 1 is 1.42 bits per heavy atom. The van der Waals surface area contributed by atoms with Crippen LogP contribution in [0.2, 0.25) is 5.02 Å². The van der Waals surface area contributed by atoms with Gasteiger partial charge in [-0.05, 0) is 38.1 Å². The number of nitrogens with two attached hydrogens (primary N) is 1. The topological polar surface area (TPSA) is 60.9 Å². The molecule has 0 amide bonds. The van der Waals surface area contributed by atoms with Crippen molar-refractivity contribution < 1.29 is 4.79 Å². The van der Waals surface area contributed by atoms with Crippen LogP contribution >= 0.6 is 11.6 Å². The molecule has 0 aliphatic carbocycles. The van der Waals surface area contributed by atoms with E-state index in [-0.39, 0.29) is 18.2 Å².